The van der Waals surface area contributed by atoms with E-state index in [1.807, 2.05) is 29.0 Å². The van der Waals surface area contributed by atoms with Crippen molar-refractivity contribution in [2.45, 2.75) is 13.8 Å². The fourth-order valence-electron chi connectivity index (χ4n) is 1.65. The van der Waals surface area contributed by atoms with Crippen LogP contribution in [0.1, 0.15) is 19.4 Å². The Hall–Kier alpha value is -1.88. The van der Waals surface area contributed by atoms with E-state index in [-0.39, 0.29) is 0 Å². The van der Waals surface area contributed by atoms with E-state index in [1.165, 1.54) is 0 Å². The zero-order valence-electron chi connectivity index (χ0n) is 11.0. The van der Waals surface area contributed by atoms with E-state index in [9.17, 15) is 0 Å². The molecule has 0 radical (unpaired) electrons. The predicted octanol–water partition coefficient (Wildman–Crippen LogP) is 2.54. The summed E-state index contributed by atoms with van der Waals surface area (Å²) in [6.45, 7) is 4.88. The van der Waals surface area contributed by atoms with Gasteiger partial charge >= 0.3 is 0 Å². The summed E-state index contributed by atoms with van der Waals surface area (Å²) in [5, 5.41) is 0. The maximum atomic E-state index is 5.82. The SMILES string of the molecule is CC(C)COc1ccc(C(N)=S)cc1-n1ccnc1. The monoisotopic (exact) mass is 275 g/mol. The van der Waals surface area contributed by atoms with Crippen LogP contribution in [0, 0.1) is 5.92 Å². The van der Waals surface area contributed by atoms with Gasteiger partial charge in [0.05, 0.1) is 18.6 Å². The lowest BCUT2D eigenvalue weighted by atomic mass is 10.1. The topological polar surface area (TPSA) is 53.1 Å². The Morgan fingerprint density at radius 3 is 2.84 bits per heavy atom. The van der Waals surface area contributed by atoms with Crippen molar-refractivity contribution >= 4 is 17.2 Å². The van der Waals surface area contributed by atoms with Gasteiger partial charge in [-0.1, -0.05) is 26.1 Å². The molecule has 2 aromatic rings. The summed E-state index contributed by atoms with van der Waals surface area (Å²) in [6.07, 6.45) is 5.31. The van der Waals surface area contributed by atoms with Crippen molar-refractivity contribution in [1.82, 2.24) is 9.55 Å². The molecule has 0 aliphatic heterocycles. The molecule has 5 heteroatoms. The molecule has 100 valence electrons. The number of benzene rings is 1. The first-order valence-electron chi connectivity index (χ1n) is 6.13. The Morgan fingerprint density at radius 1 is 1.47 bits per heavy atom. The number of rotatable bonds is 5. The smallest absolute Gasteiger partial charge is 0.143 e. The highest BCUT2D eigenvalue weighted by Crippen LogP contribution is 2.25. The minimum Gasteiger partial charge on any atom is -0.491 e. The van der Waals surface area contributed by atoms with Crippen LogP contribution in [0.15, 0.2) is 36.9 Å². The lowest BCUT2D eigenvalue weighted by molar-refractivity contribution is 0.270. The first-order chi connectivity index (χ1) is 9.08. The molecular weight excluding hydrogens is 258 g/mol. The van der Waals surface area contributed by atoms with Crippen molar-refractivity contribution in [1.29, 1.82) is 0 Å². The van der Waals surface area contributed by atoms with Crippen molar-refractivity contribution in [2.24, 2.45) is 11.7 Å². The summed E-state index contributed by atoms with van der Waals surface area (Å²) in [5.74, 6) is 1.26. The van der Waals surface area contributed by atoms with E-state index in [2.05, 4.69) is 18.8 Å². The summed E-state index contributed by atoms with van der Waals surface area (Å²) in [4.78, 5) is 4.42. The van der Waals surface area contributed by atoms with Gasteiger partial charge in [-0.25, -0.2) is 4.98 Å². The van der Waals surface area contributed by atoms with Crippen LogP contribution in [-0.2, 0) is 0 Å². The Kier molecular flexibility index (Phi) is 4.16. The first kappa shape index (κ1) is 13.5. The lowest BCUT2D eigenvalue weighted by Crippen LogP contribution is -2.11. The summed E-state index contributed by atoms with van der Waals surface area (Å²) in [6, 6.07) is 5.68. The average molecular weight is 275 g/mol. The second-order valence-corrected chi connectivity index (χ2v) is 5.16. The third kappa shape index (κ3) is 3.32. The molecule has 2 rings (SSSR count). The molecule has 0 saturated carbocycles. The van der Waals surface area contributed by atoms with E-state index in [1.54, 1.807) is 12.5 Å². The standard InChI is InChI=1S/C14H17N3OS/c1-10(2)8-18-13-4-3-11(14(15)19)7-12(13)17-6-5-16-9-17/h3-7,9-10H,8H2,1-2H3,(H2,15,19). The van der Waals surface area contributed by atoms with E-state index >= 15 is 0 Å². The van der Waals surface area contributed by atoms with Crippen molar-refractivity contribution < 1.29 is 4.74 Å². The molecule has 19 heavy (non-hydrogen) atoms. The average Bonchev–Trinajstić information content (AvgIpc) is 2.89. The lowest BCUT2D eigenvalue weighted by Gasteiger charge is -2.14. The largest absolute Gasteiger partial charge is 0.491 e. The van der Waals surface area contributed by atoms with Crippen LogP contribution in [0.2, 0.25) is 0 Å². The second-order valence-electron chi connectivity index (χ2n) is 4.72. The maximum Gasteiger partial charge on any atom is 0.143 e. The molecule has 1 aromatic carbocycles. The molecule has 1 heterocycles. The molecule has 2 N–H and O–H groups in total. The Balaban J connectivity index is 2.39. The normalized spacial score (nSPS) is 10.7. The van der Waals surface area contributed by atoms with Crippen molar-refractivity contribution in [3.8, 4) is 11.4 Å². The molecule has 0 fully saturated rings. The third-order valence-corrected chi connectivity index (χ3v) is 2.83. The number of aromatic nitrogens is 2. The highest BCUT2D eigenvalue weighted by Gasteiger charge is 2.09. The molecule has 0 spiro atoms. The molecule has 0 unspecified atom stereocenters. The van der Waals surface area contributed by atoms with Gasteiger partial charge in [-0.05, 0) is 24.1 Å². The number of hydrogen-bond donors (Lipinski definition) is 1. The van der Waals surface area contributed by atoms with Crippen LogP contribution in [0.5, 0.6) is 5.75 Å². The van der Waals surface area contributed by atoms with Crippen molar-refractivity contribution in [3.05, 3.63) is 42.5 Å². The van der Waals surface area contributed by atoms with E-state index in [4.69, 9.17) is 22.7 Å². The van der Waals surface area contributed by atoms with E-state index < -0.39 is 0 Å². The van der Waals surface area contributed by atoms with Crippen molar-refractivity contribution in [2.75, 3.05) is 6.61 Å². The molecule has 0 aliphatic rings. The van der Waals surface area contributed by atoms with Gasteiger partial charge in [0.2, 0.25) is 0 Å². The molecule has 0 aliphatic carbocycles. The molecular formula is C14H17N3OS. The Labute approximate surface area is 118 Å². The van der Waals surface area contributed by atoms with Crippen LogP contribution in [-0.4, -0.2) is 21.1 Å². The number of thiocarbonyl (C=S) groups is 1. The number of nitrogens with two attached hydrogens (primary N) is 1. The highest BCUT2D eigenvalue weighted by atomic mass is 32.1. The fraction of sp³-hybridized carbons (Fsp3) is 0.286. The van der Waals surface area contributed by atoms with Crippen molar-refractivity contribution in [3.63, 3.8) is 0 Å². The summed E-state index contributed by atoms with van der Waals surface area (Å²) < 4.78 is 7.71. The van der Waals surface area contributed by atoms with Gasteiger partial charge < -0.3 is 15.0 Å². The third-order valence-electron chi connectivity index (χ3n) is 2.60. The molecule has 0 bridgehead atoms. The van der Waals surface area contributed by atoms with Gasteiger partial charge in [0.1, 0.15) is 10.7 Å². The zero-order valence-corrected chi connectivity index (χ0v) is 11.9. The van der Waals surface area contributed by atoms with Gasteiger partial charge in [-0.15, -0.1) is 0 Å². The van der Waals surface area contributed by atoms with Gasteiger partial charge in [-0.3, -0.25) is 0 Å². The summed E-state index contributed by atoms with van der Waals surface area (Å²) >= 11 is 5.01. The quantitative estimate of drug-likeness (QED) is 0.852. The summed E-state index contributed by atoms with van der Waals surface area (Å²) in [5.41, 5.74) is 7.38. The van der Waals surface area contributed by atoms with Gasteiger partial charge in [0, 0.05) is 18.0 Å². The number of imidazole rings is 1. The Morgan fingerprint density at radius 2 is 2.26 bits per heavy atom. The van der Waals surface area contributed by atoms with Gasteiger partial charge in [0.15, 0.2) is 0 Å². The molecule has 4 nitrogen and oxygen atoms in total. The Bertz CT molecular complexity index is 564. The first-order valence-corrected chi connectivity index (χ1v) is 6.53. The van der Waals surface area contributed by atoms with E-state index in [0.29, 0.717) is 17.5 Å². The number of hydrogen-bond acceptors (Lipinski definition) is 3. The highest BCUT2D eigenvalue weighted by molar-refractivity contribution is 7.80. The van der Waals surface area contributed by atoms with Crippen LogP contribution in [0.4, 0.5) is 0 Å². The second kappa shape index (κ2) is 5.84. The van der Waals surface area contributed by atoms with Crippen LogP contribution >= 0.6 is 12.2 Å². The van der Waals surface area contributed by atoms with Crippen LogP contribution < -0.4 is 10.5 Å². The minimum atomic E-state index is 0.372. The van der Waals surface area contributed by atoms with Crippen LogP contribution in [0.25, 0.3) is 5.69 Å². The van der Waals surface area contributed by atoms with E-state index in [0.717, 1.165) is 17.0 Å². The van der Waals surface area contributed by atoms with Gasteiger partial charge in [-0.2, -0.15) is 0 Å². The van der Waals surface area contributed by atoms with Crippen LogP contribution in [0.3, 0.4) is 0 Å². The predicted molar refractivity (Wildman–Crippen MR) is 79.8 cm³/mol. The summed E-state index contributed by atoms with van der Waals surface area (Å²) in [7, 11) is 0. The number of ether oxygens (including phenoxy) is 1. The molecule has 1 aromatic heterocycles. The number of nitrogens with zero attached hydrogens (tertiary/aromatic N) is 2. The molecule has 0 atom stereocenters. The zero-order chi connectivity index (χ0) is 13.8. The fourth-order valence-corrected chi connectivity index (χ4v) is 1.78. The molecule has 0 saturated heterocycles. The molecule has 0 amide bonds. The van der Waals surface area contributed by atoms with Gasteiger partial charge in [0.25, 0.3) is 0 Å². The maximum absolute atomic E-state index is 5.82. The minimum absolute atomic E-state index is 0.372.